The van der Waals surface area contributed by atoms with Gasteiger partial charge in [0.15, 0.2) is 0 Å². The zero-order chi connectivity index (χ0) is 14.5. The average molecular weight is 288 g/mol. The monoisotopic (exact) mass is 288 g/mol. The lowest BCUT2D eigenvalue weighted by Gasteiger charge is -2.03. The number of benzene rings is 1. The van der Waals surface area contributed by atoms with Crippen molar-refractivity contribution in [1.29, 1.82) is 0 Å². The van der Waals surface area contributed by atoms with E-state index < -0.39 is 11.9 Å². The van der Waals surface area contributed by atoms with Crippen LogP contribution < -0.4 is 4.74 Å². The molecule has 0 aliphatic rings. The van der Waals surface area contributed by atoms with Gasteiger partial charge in [-0.3, -0.25) is 4.79 Å². The molecule has 2 aromatic rings. The number of carboxylic acid groups (broad SMARTS) is 1. The smallest absolute Gasteiger partial charge is 0.336 e. The first kappa shape index (κ1) is 14.0. The van der Waals surface area contributed by atoms with Gasteiger partial charge in [-0.2, -0.15) is 11.3 Å². The molecule has 1 aromatic heterocycles. The molecule has 1 heterocycles. The van der Waals surface area contributed by atoms with Gasteiger partial charge in [-0.25, -0.2) is 4.79 Å². The maximum atomic E-state index is 11.3. The summed E-state index contributed by atoms with van der Waals surface area (Å²) in [7, 11) is 0. The minimum absolute atomic E-state index is 0.228. The van der Waals surface area contributed by atoms with Crippen LogP contribution in [0.1, 0.15) is 18.1 Å². The van der Waals surface area contributed by atoms with Crippen molar-refractivity contribution < 1.29 is 19.4 Å². The van der Waals surface area contributed by atoms with Crippen LogP contribution in [0.3, 0.4) is 0 Å². The number of ether oxygens (including phenoxy) is 1. The lowest BCUT2D eigenvalue weighted by molar-refractivity contribution is -0.132. The minimum atomic E-state index is -0.979. The van der Waals surface area contributed by atoms with E-state index in [4.69, 9.17) is 4.74 Å². The van der Waals surface area contributed by atoms with Gasteiger partial charge >= 0.3 is 11.9 Å². The number of carboxylic acids is 1. The van der Waals surface area contributed by atoms with Crippen LogP contribution in [0.5, 0.6) is 5.75 Å². The summed E-state index contributed by atoms with van der Waals surface area (Å²) in [5.74, 6) is -0.938. The number of rotatable bonds is 4. The lowest BCUT2D eigenvalue weighted by atomic mass is 10.1. The fraction of sp³-hybridized carbons (Fsp3) is 0.0667. The molecule has 0 radical (unpaired) electrons. The largest absolute Gasteiger partial charge is 0.478 e. The summed E-state index contributed by atoms with van der Waals surface area (Å²) < 4.78 is 4.92. The summed E-state index contributed by atoms with van der Waals surface area (Å²) >= 11 is 1.44. The van der Waals surface area contributed by atoms with E-state index in [1.54, 1.807) is 41.8 Å². The molecule has 0 fully saturated rings. The van der Waals surface area contributed by atoms with E-state index in [-0.39, 0.29) is 5.57 Å². The fourth-order valence-electron chi connectivity index (χ4n) is 1.65. The van der Waals surface area contributed by atoms with E-state index in [2.05, 4.69) is 0 Å². The van der Waals surface area contributed by atoms with Crippen molar-refractivity contribution in [3.63, 3.8) is 0 Å². The summed E-state index contributed by atoms with van der Waals surface area (Å²) in [6.07, 6.45) is 1.59. The van der Waals surface area contributed by atoms with Gasteiger partial charge in [-0.1, -0.05) is 12.1 Å². The zero-order valence-corrected chi connectivity index (χ0v) is 11.5. The van der Waals surface area contributed by atoms with Gasteiger partial charge in [0, 0.05) is 6.92 Å². The number of aliphatic carboxylic acids is 1. The molecule has 0 saturated carbocycles. The summed E-state index contributed by atoms with van der Waals surface area (Å²) in [6, 6.07) is 8.42. The summed E-state index contributed by atoms with van der Waals surface area (Å²) in [6.45, 7) is 1.33. The van der Waals surface area contributed by atoms with Gasteiger partial charge in [0.05, 0.1) is 5.57 Å². The van der Waals surface area contributed by atoms with Crippen molar-refractivity contribution >= 4 is 34.9 Å². The standard InChI is InChI=1S/C15H12O4S/c1-10(16)19-13-4-2-11(3-5-13)8-14(15(17)18)12-6-7-20-9-12/h2-9H,1H3,(H,17,18). The molecular formula is C15H12O4S. The zero-order valence-electron chi connectivity index (χ0n) is 10.7. The molecule has 2 rings (SSSR count). The highest BCUT2D eigenvalue weighted by Crippen LogP contribution is 2.22. The van der Waals surface area contributed by atoms with Crippen molar-refractivity contribution in [2.45, 2.75) is 6.92 Å². The molecule has 0 saturated heterocycles. The van der Waals surface area contributed by atoms with Crippen molar-refractivity contribution in [2.24, 2.45) is 0 Å². The summed E-state index contributed by atoms with van der Waals surface area (Å²) in [4.78, 5) is 22.1. The number of hydrogen-bond donors (Lipinski definition) is 1. The van der Waals surface area contributed by atoms with Gasteiger partial charge in [0.1, 0.15) is 5.75 Å². The molecule has 5 heteroatoms. The molecule has 1 aromatic carbocycles. The predicted octanol–water partition coefficient (Wildman–Crippen LogP) is 3.30. The average Bonchev–Trinajstić information content (AvgIpc) is 2.90. The van der Waals surface area contributed by atoms with E-state index in [0.29, 0.717) is 11.3 Å². The Hall–Kier alpha value is -2.40. The Morgan fingerprint density at radius 3 is 2.40 bits per heavy atom. The third-order valence-electron chi connectivity index (χ3n) is 2.52. The number of carbonyl (C=O) groups is 2. The molecule has 0 aliphatic carbocycles. The molecule has 0 spiro atoms. The van der Waals surface area contributed by atoms with E-state index in [9.17, 15) is 14.7 Å². The van der Waals surface area contributed by atoms with Gasteiger partial charge in [0.2, 0.25) is 0 Å². The molecule has 0 atom stereocenters. The molecule has 20 heavy (non-hydrogen) atoms. The van der Waals surface area contributed by atoms with E-state index in [1.165, 1.54) is 18.3 Å². The Morgan fingerprint density at radius 2 is 1.90 bits per heavy atom. The van der Waals surface area contributed by atoms with Gasteiger partial charge in [0.25, 0.3) is 0 Å². The van der Waals surface area contributed by atoms with Gasteiger partial charge in [-0.15, -0.1) is 0 Å². The Morgan fingerprint density at radius 1 is 1.20 bits per heavy atom. The number of hydrogen-bond acceptors (Lipinski definition) is 4. The Kier molecular flexibility index (Phi) is 4.32. The maximum absolute atomic E-state index is 11.3. The van der Waals surface area contributed by atoms with Crippen molar-refractivity contribution in [3.05, 3.63) is 52.2 Å². The maximum Gasteiger partial charge on any atom is 0.336 e. The van der Waals surface area contributed by atoms with Crippen LogP contribution in [-0.2, 0) is 9.59 Å². The van der Waals surface area contributed by atoms with Crippen LogP contribution >= 0.6 is 11.3 Å². The normalized spacial score (nSPS) is 11.2. The third kappa shape index (κ3) is 3.55. The minimum Gasteiger partial charge on any atom is -0.478 e. The third-order valence-corrected chi connectivity index (χ3v) is 3.20. The predicted molar refractivity (Wildman–Crippen MR) is 77.6 cm³/mol. The second kappa shape index (κ2) is 6.16. The highest BCUT2D eigenvalue weighted by atomic mass is 32.1. The van der Waals surface area contributed by atoms with Gasteiger partial charge in [-0.05, 0) is 46.2 Å². The topological polar surface area (TPSA) is 63.6 Å². The lowest BCUT2D eigenvalue weighted by Crippen LogP contribution is -2.01. The van der Waals surface area contributed by atoms with Crippen LogP contribution in [0.25, 0.3) is 11.6 Å². The first-order valence-electron chi connectivity index (χ1n) is 5.82. The van der Waals surface area contributed by atoms with Crippen LogP contribution in [0.4, 0.5) is 0 Å². The highest BCUT2D eigenvalue weighted by Gasteiger charge is 2.10. The van der Waals surface area contributed by atoms with Crippen LogP contribution in [0.15, 0.2) is 41.1 Å². The Labute approximate surface area is 119 Å². The molecule has 0 amide bonds. The highest BCUT2D eigenvalue weighted by molar-refractivity contribution is 7.08. The SMILES string of the molecule is CC(=O)Oc1ccc(C=C(C(=O)O)c2ccsc2)cc1. The van der Waals surface area contributed by atoms with Gasteiger partial charge < -0.3 is 9.84 Å². The number of thiophene rings is 1. The van der Waals surface area contributed by atoms with Crippen LogP contribution in [-0.4, -0.2) is 17.0 Å². The van der Waals surface area contributed by atoms with E-state index in [0.717, 1.165) is 5.56 Å². The van der Waals surface area contributed by atoms with Crippen LogP contribution in [0.2, 0.25) is 0 Å². The molecule has 102 valence electrons. The van der Waals surface area contributed by atoms with E-state index in [1.807, 2.05) is 5.38 Å². The Bertz CT molecular complexity index is 639. The quantitative estimate of drug-likeness (QED) is 0.532. The molecular weight excluding hydrogens is 276 g/mol. The fourth-order valence-corrected chi connectivity index (χ4v) is 2.31. The van der Waals surface area contributed by atoms with E-state index >= 15 is 0 Å². The van der Waals surface area contributed by atoms with Crippen molar-refractivity contribution in [2.75, 3.05) is 0 Å². The molecule has 1 N–H and O–H groups in total. The van der Waals surface area contributed by atoms with Crippen molar-refractivity contribution in [1.82, 2.24) is 0 Å². The molecule has 0 unspecified atom stereocenters. The molecule has 4 nitrogen and oxygen atoms in total. The Balaban J connectivity index is 2.28. The first-order chi connectivity index (χ1) is 9.56. The van der Waals surface area contributed by atoms with Crippen LogP contribution in [0, 0.1) is 0 Å². The number of carbonyl (C=O) groups excluding carboxylic acids is 1. The molecule has 0 bridgehead atoms. The van der Waals surface area contributed by atoms with Crippen molar-refractivity contribution in [3.8, 4) is 5.75 Å². The molecule has 0 aliphatic heterocycles. The first-order valence-corrected chi connectivity index (χ1v) is 6.76. The summed E-state index contributed by atoms with van der Waals surface area (Å²) in [5, 5.41) is 12.9. The number of esters is 1. The summed E-state index contributed by atoms with van der Waals surface area (Å²) in [5.41, 5.74) is 1.63. The second-order valence-electron chi connectivity index (χ2n) is 4.04. The second-order valence-corrected chi connectivity index (χ2v) is 4.82.